The SMILES string of the molecule is CC(C)(C)OC(=O)N1[C@H](C(=O)OCC(=O)c2ccc3c(c2)CCc2cc(C(=O)COC(=O)[C@@H]4C[C@@H]5CCC[C@@H]5N4C(=O)OC(C)(C)C)ccc2-3)C[C@@H]2CCC[C@@H]21. The van der Waals surface area contributed by atoms with Crippen molar-refractivity contribution < 1.29 is 47.7 Å². The highest BCUT2D eigenvalue weighted by Crippen LogP contribution is 2.44. The number of ether oxygens (including phenoxy) is 4. The smallest absolute Gasteiger partial charge is 0.411 e. The summed E-state index contributed by atoms with van der Waals surface area (Å²) in [5.41, 5.74) is 3.29. The van der Waals surface area contributed by atoms with Gasteiger partial charge in [0.1, 0.15) is 23.3 Å². The minimum absolute atomic E-state index is 0.0616. The third kappa shape index (κ3) is 8.20. The Labute approximate surface area is 328 Å². The number of rotatable bonds is 8. The van der Waals surface area contributed by atoms with Crippen molar-refractivity contribution in [2.75, 3.05) is 13.2 Å². The van der Waals surface area contributed by atoms with Gasteiger partial charge in [-0.05, 0) is 139 Å². The van der Waals surface area contributed by atoms with Crippen LogP contribution in [0.15, 0.2) is 36.4 Å². The Morgan fingerprint density at radius 1 is 0.589 bits per heavy atom. The summed E-state index contributed by atoms with van der Waals surface area (Å²) in [4.78, 5) is 82.5. The average Bonchev–Trinajstić information content (AvgIpc) is 3.92. The molecule has 12 heteroatoms. The molecule has 300 valence electrons. The third-order valence-electron chi connectivity index (χ3n) is 11.9. The highest BCUT2D eigenvalue weighted by Gasteiger charge is 2.52. The van der Waals surface area contributed by atoms with Crippen LogP contribution in [0, 0.1) is 11.8 Å². The van der Waals surface area contributed by atoms with Crippen molar-refractivity contribution in [1.29, 1.82) is 0 Å². The fourth-order valence-electron chi connectivity index (χ4n) is 9.53. The van der Waals surface area contributed by atoms with Crippen LogP contribution in [0.1, 0.15) is 125 Å². The molecule has 56 heavy (non-hydrogen) atoms. The first-order valence-corrected chi connectivity index (χ1v) is 20.2. The molecule has 0 bridgehead atoms. The molecule has 2 saturated carbocycles. The normalized spacial score (nSPS) is 25.1. The molecule has 2 aliphatic heterocycles. The van der Waals surface area contributed by atoms with E-state index < -0.39 is 60.6 Å². The van der Waals surface area contributed by atoms with Gasteiger partial charge in [-0.3, -0.25) is 19.4 Å². The standard InChI is InChI=1S/C44H54N2O10/c1-43(2,3)55-41(51)45-33-11-7-9-27(33)21-35(45)39(49)53-23-37(47)29-15-17-31-25(19-29)13-14-26-20-30(16-18-32(26)31)38(48)24-54-40(50)36-22-28-10-8-12-34(28)46(36)42(52)56-44(4,5)6/h15-20,27-28,33-36H,7-14,21-24H2,1-6H3/t27-,28-,33-,34-,35-,36-/m0/s1. The van der Waals surface area contributed by atoms with E-state index in [-0.39, 0.29) is 35.5 Å². The number of hydrogen-bond donors (Lipinski definition) is 0. The van der Waals surface area contributed by atoms with Crippen LogP contribution >= 0.6 is 0 Å². The number of likely N-dealkylation sites (tertiary alicyclic amines) is 2. The van der Waals surface area contributed by atoms with Crippen LogP contribution in [0.2, 0.25) is 0 Å². The number of aryl methyl sites for hydroxylation is 2. The number of hydrogen-bond acceptors (Lipinski definition) is 10. The van der Waals surface area contributed by atoms with E-state index in [1.165, 1.54) is 0 Å². The number of carbonyl (C=O) groups excluding carboxylic acids is 6. The van der Waals surface area contributed by atoms with Crippen molar-refractivity contribution in [3.8, 4) is 11.1 Å². The summed E-state index contributed by atoms with van der Waals surface area (Å²) in [6.07, 6.45) is 6.73. The molecule has 0 unspecified atom stereocenters. The molecule has 0 radical (unpaired) electrons. The minimum atomic E-state index is -0.779. The Bertz CT molecular complexity index is 1790. The number of Topliss-reactive ketones (excluding diaryl/α,β-unsaturated/α-hetero) is 2. The highest BCUT2D eigenvalue weighted by atomic mass is 16.6. The van der Waals surface area contributed by atoms with Crippen molar-refractivity contribution in [3.05, 3.63) is 58.7 Å². The average molecular weight is 771 g/mol. The molecule has 3 aliphatic carbocycles. The predicted octanol–water partition coefficient (Wildman–Crippen LogP) is 7.26. The Morgan fingerprint density at radius 2 is 0.982 bits per heavy atom. The van der Waals surface area contributed by atoms with E-state index in [1.54, 1.807) is 63.5 Å². The predicted molar refractivity (Wildman–Crippen MR) is 205 cm³/mol. The maximum Gasteiger partial charge on any atom is 0.411 e. The fourth-order valence-corrected chi connectivity index (χ4v) is 9.53. The molecule has 12 nitrogen and oxygen atoms in total. The van der Waals surface area contributed by atoms with E-state index in [9.17, 15) is 28.8 Å². The van der Waals surface area contributed by atoms with Crippen LogP contribution in [0.3, 0.4) is 0 Å². The maximum absolute atomic E-state index is 13.3. The van der Waals surface area contributed by atoms with Gasteiger partial charge in [0.25, 0.3) is 0 Å². The monoisotopic (exact) mass is 770 g/mol. The van der Waals surface area contributed by atoms with Gasteiger partial charge >= 0.3 is 24.1 Å². The van der Waals surface area contributed by atoms with E-state index in [4.69, 9.17) is 18.9 Å². The second-order valence-corrected chi connectivity index (χ2v) is 18.1. The maximum atomic E-state index is 13.3. The Kier molecular flexibility index (Phi) is 10.8. The van der Waals surface area contributed by atoms with Crippen molar-refractivity contribution in [3.63, 3.8) is 0 Å². The Morgan fingerprint density at radius 3 is 1.36 bits per heavy atom. The van der Waals surface area contributed by atoms with Crippen LogP contribution < -0.4 is 0 Å². The quantitative estimate of drug-likeness (QED) is 0.153. The summed E-state index contributed by atoms with van der Waals surface area (Å²) in [5.74, 6) is -1.42. The van der Waals surface area contributed by atoms with Gasteiger partial charge in [-0.1, -0.05) is 37.1 Å². The number of fused-ring (bicyclic) bond motifs is 5. The number of amides is 2. The molecule has 2 aromatic carbocycles. The summed E-state index contributed by atoms with van der Waals surface area (Å²) in [6.45, 7) is 9.89. The Hall–Kier alpha value is -4.74. The van der Waals surface area contributed by atoms with Crippen LogP contribution in [0.25, 0.3) is 11.1 Å². The van der Waals surface area contributed by atoms with Crippen molar-refractivity contribution in [2.24, 2.45) is 11.8 Å². The first-order valence-electron chi connectivity index (χ1n) is 20.2. The van der Waals surface area contributed by atoms with Gasteiger partial charge in [-0.15, -0.1) is 0 Å². The number of ketones is 2. The van der Waals surface area contributed by atoms with Gasteiger partial charge in [0.05, 0.1) is 0 Å². The minimum Gasteiger partial charge on any atom is -0.456 e. The van der Waals surface area contributed by atoms with Crippen LogP contribution in [-0.4, -0.2) is 94.1 Å². The molecule has 4 fully saturated rings. The molecular formula is C44H54N2O10. The molecular weight excluding hydrogens is 716 g/mol. The van der Waals surface area contributed by atoms with E-state index in [0.717, 1.165) is 60.8 Å². The molecule has 0 aromatic heterocycles. The first-order chi connectivity index (χ1) is 26.5. The zero-order valence-electron chi connectivity index (χ0n) is 33.4. The summed E-state index contributed by atoms with van der Waals surface area (Å²) in [7, 11) is 0. The molecule has 5 aliphatic rings. The van der Waals surface area contributed by atoms with Gasteiger partial charge in [0, 0.05) is 23.2 Å². The topological polar surface area (TPSA) is 146 Å². The van der Waals surface area contributed by atoms with E-state index in [1.807, 2.05) is 24.3 Å². The lowest BCUT2D eigenvalue weighted by molar-refractivity contribution is -0.148. The zero-order chi connectivity index (χ0) is 40.1. The first kappa shape index (κ1) is 39.5. The van der Waals surface area contributed by atoms with Crippen LogP contribution in [-0.2, 0) is 41.4 Å². The lowest BCUT2D eigenvalue weighted by atomic mass is 9.83. The molecule has 0 spiro atoms. The molecule has 7 rings (SSSR count). The zero-order valence-corrected chi connectivity index (χ0v) is 33.4. The second kappa shape index (κ2) is 15.3. The van der Waals surface area contributed by atoms with E-state index >= 15 is 0 Å². The molecule has 6 atom stereocenters. The van der Waals surface area contributed by atoms with Gasteiger partial charge in [0.2, 0.25) is 0 Å². The van der Waals surface area contributed by atoms with Gasteiger partial charge in [-0.25, -0.2) is 19.2 Å². The van der Waals surface area contributed by atoms with Gasteiger partial charge in [-0.2, -0.15) is 0 Å². The lowest BCUT2D eigenvalue weighted by Crippen LogP contribution is -2.48. The van der Waals surface area contributed by atoms with Crippen molar-refractivity contribution >= 4 is 35.7 Å². The molecule has 2 aromatic rings. The lowest BCUT2D eigenvalue weighted by Gasteiger charge is -2.31. The summed E-state index contributed by atoms with van der Waals surface area (Å²) in [5, 5.41) is 0. The van der Waals surface area contributed by atoms with Crippen molar-refractivity contribution in [1.82, 2.24) is 9.80 Å². The van der Waals surface area contributed by atoms with E-state index in [2.05, 4.69) is 0 Å². The number of nitrogens with zero attached hydrogens (tertiary/aromatic N) is 2. The largest absolute Gasteiger partial charge is 0.456 e. The second-order valence-electron chi connectivity index (χ2n) is 18.1. The third-order valence-corrected chi connectivity index (χ3v) is 11.9. The van der Waals surface area contributed by atoms with Crippen molar-refractivity contribution in [2.45, 2.75) is 141 Å². The highest BCUT2D eigenvalue weighted by molar-refractivity contribution is 6.00. The molecule has 0 N–H and O–H groups in total. The number of carbonyl (C=O) groups is 6. The summed E-state index contributed by atoms with van der Waals surface area (Å²) >= 11 is 0. The number of esters is 2. The number of benzene rings is 2. The van der Waals surface area contributed by atoms with Crippen LogP contribution in [0.4, 0.5) is 9.59 Å². The Balaban J connectivity index is 0.954. The molecule has 2 saturated heterocycles. The molecule has 2 amide bonds. The van der Waals surface area contributed by atoms with E-state index in [0.29, 0.717) is 36.8 Å². The van der Waals surface area contributed by atoms with Crippen LogP contribution in [0.5, 0.6) is 0 Å². The fraction of sp³-hybridized carbons (Fsp3) is 0.591. The summed E-state index contributed by atoms with van der Waals surface area (Å²) in [6, 6.07) is 9.16. The molecule has 2 heterocycles. The van der Waals surface area contributed by atoms with Gasteiger partial charge < -0.3 is 18.9 Å². The van der Waals surface area contributed by atoms with Gasteiger partial charge in [0.15, 0.2) is 24.8 Å². The summed E-state index contributed by atoms with van der Waals surface area (Å²) < 4.78 is 22.4.